The molecule has 0 bridgehead atoms. The Labute approximate surface area is 175 Å². The topological polar surface area (TPSA) is 79.8 Å². The van der Waals surface area contributed by atoms with Gasteiger partial charge >= 0.3 is 5.69 Å². The SMILES string of the molecule is Cc1cc(NC(=O)[C@H]2CC[C@@H](n3c(=O)[nH]c4c(Br)cccc43)CC2)cnc1Cl. The van der Waals surface area contributed by atoms with E-state index in [1.165, 1.54) is 0 Å². The van der Waals surface area contributed by atoms with E-state index in [0.717, 1.165) is 46.8 Å². The van der Waals surface area contributed by atoms with Crippen molar-refractivity contribution in [1.82, 2.24) is 14.5 Å². The highest BCUT2D eigenvalue weighted by atomic mass is 79.9. The van der Waals surface area contributed by atoms with Crippen LogP contribution >= 0.6 is 27.5 Å². The average Bonchev–Trinajstić information content (AvgIpc) is 3.02. The second kappa shape index (κ2) is 7.72. The average molecular weight is 464 g/mol. The molecule has 146 valence electrons. The number of pyridine rings is 1. The van der Waals surface area contributed by atoms with E-state index in [4.69, 9.17) is 11.6 Å². The molecule has 0 spiro atoms. The van der Waals surface area contributed by atoms with Crippen LogP contribution in [0.15, 0.2) is 39.7 Å². The van der Waals surface area contributed by atoms with Crippen molar-refractivity contribution in [1.29, 1.82) is 0 Å². The van der Waals surface area contributed by atoms with Crippen molar-refractivity contribution in [2.45, 2.75) is 38.6 Å². The molecular weight excluding hydrogens is 444 g/mol. The highest BCUT2D eigenvalue weighted by molar-refractivity contribution is 9.10. The zero-order chi connectivity index (χ0) is 19.8. The van der Waals surface area contributed by atoms with Crippen molar-refractivity contribution in [3.05, 3.63) is 56.1 Å². The summed E-state index contributed by atoms with van der Waals surface area (Å²) in [6, 6.07) is 7.71. The molecular formula is C20H20BrClN4O2. The lowest BCUT2D eigenvalue weighted by Crippen LogP contribution is -2.31. The number of carbonyl (C=O) groups excluding carboxylic acids is 1. The molecule has 4 rings (SSSR count). The number of hydrogen-bond acceptors (Lipinski definition) is 3. The summed E-state index contributed by atoms with van der Waals surface area (Å²) in [7, 11) is 0. The van der Waals surface area contributed by atoms with Crippen molar-refractivity contribution in [3.63, 3.8) is 0 Å². The zero-order valence-electron chi connectivity index (χ0n) is 15.3. The zero-order valence-corrected chi connectivity index (χ0v) is 17.7. The molecule has 1 aromatic carbocycles. The van der Waals surface area contributed by atoms with Gasteiger partial charge in [-0.1, -0.05) is 17.7 Å². The van der Waals surface area contributed by atoms with Gasteiger partial charge in [-0.3, -0.25) is 9.36 Å². The molecule has 1 aliphatic rings. The molecule has 0 saturated heterocycles. The van der Waals surface area contributed by atoms with Crippen LogP contribution in [0.5, 0.6) is 0 Å². The number of hydrogen-bond donors (Lipinski definition) is 2. The van der Waals surface area contributed by atoms with Crippen LogP contribution in [0.25, 0.3) is 11.0 Å². The van der Waals surface area contributed by atoms with E-state index in [9.17, 15) is 9.59 Å². The number of aromatic amines is 1. The number of nitrogens with zero attached hydrogens (tertiary/aromatic N) is 2. The van der Waals surface area contributed by atoms with Crippen molar-refractivity contribution >= 4 is 50.2 Å². The summed E-state index contributed by atoms with van der Waals surface area (Å²) in [5.74, 6) is -0.0733. The number of anilines is 1. The van der Waals surface area contributed by atoms with Crippen molar-refractivity contribution in [3.8, 4) is 0 Å². The van der Waals surface area contributed by atoms with E-state index in [1.54, 1.807) is 6.20 Å². The van der Waals surface area contributed by atoms with Crippen molar-refractivity contribution < 1.29 is 4.79 Å². The second-order valence-electron chi connectivity index (χ2n) is 7.26. The monoisotopic (exact) mass is 462 g/mol. The third kappa shape index (κ3) is 3.61. The maximum absolute atomic E-state index is 12.6. The van der Waals surface area contributed by atoms with Crippen molar-refractivity contribution in [2.75, 3.05) is 5.32 Å². The van der Waals surface area contributed by atoms with Gasteiger partial charge in [0.2, 0.25) is 5.91 Å². The maximum atomic E-state index is 12.6. The lowest BCUT2D eigenvalue weighted by atomic mass is 9.85. The van der Waals surface area contributed by atoms with Gasteiger partial charge in [0.15, 0.2) is 0 Å². The normalized spacial score (nSPS) is 19.7. The first-order chi connectivity index (χ1) is 13.4. The minimum absolute atomic E-state index is 0.00371. The highest BCUT2D eigenvalue weighted by Gasteiger charge is 2.29. The summed E-state index contributed by atoms with van der Waals surface area (Å²) in [4.78, 5) is 32.1. The molecule has 2 heterocycles. The number of halogens is 2. The number of nitrogens with one attached hydrogen (secondary N) is 2. The summed E-state index contributed by atoms with van der Waals surface area (Å²) >= 11 is 9.43. The van der Waals surface area contributed by atoms with Crippen LogP contribution in [0.3, 0.4) is 0 Å². The van der Waals surface area contributed by atoms with Crippen LogP contribution in [0.4, 0.5) is 5.69 Å². The maximum Gasteiger partial charge on any atom is 0.326 e. The summed E-state index contributed by atoms with van der Waals surface area (Å²) in [6.45, 7) is 1.85. The number of benzene rings is 1. The molecule has 1 saturated carbocycles. The number of para-hydroxylation sites is 1. The van der Waals surface area contributed by atoms with Crippen LogP contribution in [0.1, 0.15) is 37.3 Å². The van der Waals surface area contributed by atoms with E-state index in [1.807, 2.05) is 35.8 Å². The molecule has 2 aromatic heterocycles. The van der Waals surface area contributed by atoms with Gasteiger partial charge in [-0.05, 0) is 72.3 Å². The van der Waals surface area contributed by atoms with Gasteiger partial charge in [0.05, 0.1) is 22.9 Å². The van der Waals surface area contributed by atoms with Gasteiger partial charge in [0.1, 0.15) is 5.15 Å². The molecule has 1 fully saturated rings. The van der Waals surface area contributed by atoms with E-state index in [0.29, 0.717) is 10.8 Å². The second-order valence-corrected chi connectivity index (χ2v) is 8.47. The lowest BCUT2D eigenvalue weighted by Gasteiger charge is -2.28. The van der Waals surface area contributed by atoms with E-state index < -0.39 is 0 Å². The highest BCUT2D eigenvalue weighted by Crippen LogP contribution is 2.34. The molecule has 2 N–H and O–H groups in total. The Kier molecular flexibility index (Phi) is 5.29. The molecule has 1 amide bonds. The molecule has 1 aliphatic carbocycles. The van der Waals surface area contributed by atoms with E-state index >= 15 is 0 Å². The fourth-order valence-corrected chi connectivity index (χ4v) is 4.50. The molecule has 0 aliphatic heterocycles. The fraction of sp³-hybridized carbons (Fsp3) is 0.350. The van der Waals surface area contributed by atoms with Crippen LogP contribution in [-0.4, -0.2) is 20.4 Å². The van der Waals surface area contributed by atoms with E-state index in [2.05, 4.69) is 31.2 Å². The van der Waals surface area contributed by atoms with Gasteiger partial charge in [0.25, 0.3) is 0 Å². The summed E-state index contributed by atoms with van der Waals surface area (Å²) in [5, 5.41) is 3.38. The number of rotatable bonds is 3. The Morgan fingerprint density at radius 3 is 2.79 bits per heavy atom. The van der Waals surface area contributed by atoms with Gasteiger partial charge in [-0.2, -0.15) is 0 Å². The van der Waals surface area contributed by atoms with Gasteiger partial charge in [-0.25, -0.2) is 9.78 Å². The molecule has 0 unspecified atom stereocenters. The number of amides is 1. The first-order valence-electron chi connectivity index (χ1n) is 9.26. The van der Waals surface area contributed by atoms with E-state index in [-0.39, 0.29) is 23.6 Å². The third-order valence-electron chi connectivity index (χ3n) is 5.42. The van der Waals surface area contributed by atoms with Gasteiger partial charge in [-0.15, -0.1) is 0 Å². The number of imidazole rings is 1. The summed E-state index contributed by atoms with van der Waals surface area (Å²) in [5.41, 5.74) is 3.10. The Hall–Kier alpha value is -2.12. The van der Waals surface area contributed by atoms with Crippen LogP contribution < -0.4 is 11.0 Å². The number of aryl methyl sites for hydroxylation is 1. The Morgan fingerprint density at radius 2 is 2.07 bits per heavy atom. The predicted molar refractivity (Wildman–Crippen MR) is 114 cm³/mol. The quantitative estimate of drug-likeness (QED) is 0.547. The largest absolute Gasteiger partial charge is 0.326 e. The first kappa shape index (κ1) is 19.2. The first-order valence-corrected chi connectivity index (χ1v) is 10.4. The Balaban J connectivity index is 1.45. The van der Waals surface area contributed by atoms with Crippen LogP contribution in [0, 0.1) is 12.8 Å². The Bertz CT molecular complexity index is 1100. The summed E-state index contributed by atoms with van der Waals surface area (Å²) < 4.78 is 2.71. The molecule has 6 nitrogen and oxygen atoms in total. The summed E-state index contributed by atoms with van der Waals surface area (Å²) in [6.07, 6.45) is 4.63. The third-order valence-corrected chi connectivity index (χ3v) is 6.47. The molecule has 28 heavy (non-hydrogen) atoms. The Morgan fingerprint density at radius 1 is 1.32 bits per heavy atom. The number of H-pyrrole nitrogens is 1. The fourth-order valence-electron chi connectivity index (χ4n) is 3.94. The van der Waals surface area contributed by atoms with Gasteiger partial charge < -0.3 is 10.3 Å². The van der Waals surface area contributed by atoms with Crippen molar-refractivity contribution in [2.24, 2.45) is 5.92 Å². The molecule has 8 heteroatoms. The molecule has 0 radical (unpaired) electrons. The molecule has 0 atom stereocenters. The standard InChI is InChI=1S/C20H20BrClN4O2/c1-11-9-13(10-23-18(11)22)24-19(27)12-5-7-14(8-6-12)26-16-4-2-3-15(21)17(16)25-20(26)28/h2-4,9-10,12,14H,5-8H2,1H3,(H,24,27)(H,25,28)/t12-,14+. The van der Waals surface area contributed by atoms with Gasteiger partial charge in [0, 0.05) is 16.4 Å². The van der Waals surface area contributed by atoms with Crippen LogP contribution in [0.2, 0.25) is 5.15 Å². The number of aromatic nitrogens is 3. The minimum Gasteiger partial charge on any atom is -0.324 e. The lowest BCUT2D eigenvalue weighted by molar-refractivity contribution is -0.121. The molecule has 3 aromatic rings. The number of fused-ring (bicyclic) bond motifs is 1. The minimum atomic E-state index is -0.0995. The predicted octanol–water partition coefficient (Wildman–Crippen LogP) is 4.82. The van der Waals surface area contributed by atoms with Crippen LogP contribution in [-0.2, 0) is 4.79 Å². The number of carbonyl (C=O) groups is 1. The smallest absolute Gasteiger partial charge is 0.324 e.